The number of esters is 1. The molecule has 0 saturated carbocycles. The van der Waals surface area contributed by atoms with E-state index in [2.05, 4.69) is 5.32 Å². The number of carbonyl (C=O) groups is 2. The fraction of sp³-hybridized carbons (Fsp3) is 0.333. The molecule has 1 atom stereocenters. The normalized spacial score (nSPS) is 15.4. The van der Waals surface area contributed by atoms with Gasteiger partial charge in [0, 0.05) is 36.1 Å². The van der Waals surface area contributed by atoms with E-state index in [1.807, 2.05) is 0 Å². The Morgan fingerprint density at radius 3 is 2.73 bits per heavy atom. The van der Waals surface area contributed by atoms with Crippen molar-refractivity contribution in [2.45, 2.75) is 25.9 Å². The molecule has 9 heteroatoms. The molecule has 0 aliphatic carbocycles. The predicted molar refractivity (Wildman–Crippen MR) is 108 cm³/mol. The molecule has 1 amide bonds. The second-order valence-corrected chi connectivity index (χ2v) is 6.67. The second-order valence-electron chi connectivity index (χ2n) is 6.67. The Morgan fingerprint density at radius 2 is 2.03 bits per heavy atom. The highest BCUT2D eigenvalue weighted by atomic mass is 16.6. The van der Waals surface area contributed by atoms with Crippen molar-refractivity contribution in [3.63, 3.8) is 0 Å². The Hall–Kier alpha value is -3.46. The lowest BCUT2D eigenvalue weighted by molar-refractivity contribution is -0.384. The number of ether oxygens (including phenoxy) is 3. The number of benzene rings is 2. The molecule has 9 nitrogen and oxygen atoms in total. The van der Waals surface area contributed by atoms with E-state index >= 15 is 0 Å². The Labute approximate surface area is 173 Å². The van der Waals surface area contributed by atoms with E-state index < -0.39 is 16.8 Å². The first-order chi connectivity index (χ1) is 14.5. The minimum Gasteiger partial charge on any atom is -0.491 e. The van der Waals surface area contributed by atoms with Crippen LogP contribution in [0.3, 0.4) is 0 Å². The number of hydrogen-bond donors (Lipinski definition) is 1. The molecule has 0 spiro atoms. The number of hydrogen-bond acceptors (Lipinski definition) is 7. The van der Waals surface area contributed by atoms with Crippen molar-refractivity contribution in [3.05, 3.63) is 63.7 Å². The molecular weight excluding hydrogens is 392 g/mol. The lowest BCUT2D eigenvalue weighted by Gasteiger charge is -2.13. The van der Waals surface area contributed by atoms with Gasteiger partial charge in [-0.25, -0.2) is 4.79 Å². The summed E-state index contributed by atoms with van der Waals surface area (Å²) >= 11 is 0. The van der Waals surface area contributed by atoms with Crippen LogP contribution in [0.25, 0.3) is 0 Å². The molecule has 0 radical (unpaired) electrons. The lowest BCUT2D eigenvalue weighted by atomic mass is 10.1. The Morgan fingerprint density at radius 1 is 1.23 bits per heavy atom. The van der Waals surface area contributed by atoms with E-state index in [4.69, 9.17) is 14.2 Å². The minimum atomic E-state index is -0.736. The van der Waals surface area contributed by atoms with Crippen LogP contribution in [0.15, 0.2) is 42.5 Å². The monoisotopic (exact) mass is 414 g/mol. The standard InChI is InChI=1S/C21H22N2O7/c1-2-28-21(25)15-9-14(10-17(11-15)23(26)27)20(24)22-16-5-3-6-18(12-16)30-13-19-7-4-8-29-19/h3,5-6,9-12,19H,2,4,7-8,13H2,1H3,(H,22,24). The zero-order chi connectivity index (χ0) is 21.5. The van der Waals surface area contributed by atoms with Crippen molar-refractivity contribution >= 4 is 23.3 Å². The number of rotatable bonds is 8. The van der Waals surface area contributed by atoms with Gasteiger partial charge in [0.1, 0.15) is 12.4 Å². The van der Waals surface area contributed by atoms with Crippen LogP contribution in [-0.4, -0.2) is 42.7 Å². The number of nitrogens with one attached hydrogen (secondary N) is 1. The lowest BCUT2D eigenvalue weighted by Crippen LogP contribution is -2.16. The molecule has 2 aromatic rings. The zero-order valence-electron chi connectivity index (χ0n) is 16.5. The summed E-state index contributed by atoms with van der Waals surface area (Å²) in [6, 6.07) is 10.2. The average molecular weight is 414 g/mol. The van der Waals surface area contributed by atoms with Gasteiger partial charge in [-0.1, -0.05) is 6.07 Å². The van der Waals surface area contributed by atoms with Crippen molar-refractivity contribution in [2.75, 3.05) is 25.1 Å². The second kappa shape index (κ2) is 9.84. The maximum Gasteiger partial charge on any atom is 0.338 e. The highest BCUT2D eigenvalue weighted by molar-refractivity contribution is 6.06. The van der Waals surface area contributed by atoms with E-state index in [1.54, 1.807) is 31.2 Å². The van der Waals surface area contributed by atoms with Crippen molar-refractivity contribution in [1.29, 1.82) is 0 Å². The fourth-order valence-corrected chi connectivity index (χ4v) is 3.01. The fourth-order valence-electron chi connectivity index (χ4n) is 3.01. The molecule has 158 valence electrons. The first kappa shape index (κ1) is 21.3. The molecule has 1 unspecified atom stereocenters. The van der Waals surface area contributed by atoms with E-state index in [1.165, 1.54) is 6.07 Å². The number of anilines is 1. The maximum absolute atomic E-state index is 12.7. The topological polar surface area (TPSA) is 117 Å². The van der Waals surface area contributed by atoms with Gasteiger partial charge in [-0.2, -0.15) is 0 Å². The summed E-state index contributed by atoms with van der Waals surface area (Å²) in [5, 5.41) is 13.9. The van der Waals surface area contributed by atoms with Crippen LogP contribution in [0.1, 0.15) is 40.5 Å². The average Bonchev–Trinajstić information content (AvgIpc) is 3.26. The van der Waals surface area contributed by atoms with Crippen LogP contribution >= 0.6 is 0 Å². The van der Waals surface area contributed by atoms with Gasteiger partial charge >= 0.3 is 5.97 Å². The first-order valence-electron chi connectivity index (χ1n) is 9.58. The molecule has 1 N–H and O–H groups in total. The summed E-state index contributed by atoms with van der Waals surface area (Å²) < 4.78 is 16.1. The number of nitro benzene ring substituents is 1. The third kappa shape index (κ3) is 5.54. The summed E-state index contributed by atoms with van der Waals surface area (Å²) in [4.78, 5) is 35.1. The van der Waals surface area contributed by atoms with Crippen LogP contribution in [0, 0.1) is 10.1 Å². The summed E-state index contributed by atoms with van der Waals surface area (Å²) in [5.74, 6) is -0.769. The molecule has 0 bridgehead atoms. The van der Waals surface area contributed by atoms with E-state index in [0.717, 1.165) is 31.6 Å². The molecule has 3 rings (SSSR count). The highest BCUT2D eigenvalue weighted by Crippen LogP contribution is 2.22. The molecule has 1 aliphatic rings. The van der Waals surface area contributed by atoms with Gasteiger partial charge in [0.2, 0.25) is 0 Å². The van der Waals surface area contributed by atoms with Crippen molar-refractivity contribution in [1.82, 2.24) is 0 Å². The minimum absolute atomic E-state index is 0.0297. The van der Waals surface area contributed by atoms with Gasteiger partial charge in [0.25, 0.3) is 11.6 Å². The van der Waals surface area contributed by atoms with E-state index in [-0.39, 0.29) is 29.5 Å². The quantitative estimate of drug-likeness (QED) is 0.398. The van der Waals surface area contributed by atoms with E-state index in [9.17, 15) is 19.7 Å². The summed E-state index contributed by atoms with van der Waals surface area (Å²) in [7, 11) is 0. The van der Waals surface area contributed by atoms with Crippen LogP contribution in [0.4, 0.5) is 11.4 Å². The molecule has 1 aliphatic heterocycles. The third-order valence-corrected chi connectivity index (χ3v) is 4.45. The SMILES string of the molecule is CCOC(=O)c1cc(C(=O)Nc2cccc(OCC3CCCO3)c2)cc([N+](=O)[O-])c1. The third-order valence-electron chi connectivity index (χ3n) is 4.45. The van der Waals surface area contributed by atoms with Gasteiger partial charge in [-0.15, -0.1) is 0 Å². The maximum atomic E-state index is 12.7. The largest absolute Gasteiger partial charge is 0.491 e. The number of carbonyl (C=O) groups excluding carboxylic acids is 2. The predicted octanol–water partition coefficient (Wildman–Crippen LogP) is 3.58. The Bertz CT molecular complexity index is 939. The number of amides is 1. The molecule has 1 heterocycles. The van der Waals surface area contributed by atoms with Crippen molar-refractivity contribution in [3.8, 4) is 5.75 Å². The molecule has 1 saturated heterocycles. The Kier molecular flexibility index (Phi) is 6.97. The summed E-state index contributed by atoms with van der Waals surface area (Å²) in [6.07, 6.45) is 2.03. The molecule has 1 fully saturated rings. The summed E-state index contributed by atoms with van der Waals surface area (Å²) in [5.41, 5.74) is -0.0174. The van der Waals surface area contributed by atoms with Gasteiger partial charge in [-0.3, -0.25) is 14.9 Å². The summed E-state index contributed by atoms with van der Waals surface area (Å²) in [6.45, 7) is 2.89. The van der Waals surface area contributed by atoms with Crippen molar-refractivity contribution in [2.24, 2.45) is 0 Å². The highest BCUT2D eigenvalue weighted by Gasteiger charge is 2.19. The number of non-ortho nitro benzene ring substituents is 1. The molecule has 30 heavy (non-hydrogen) atoms. The first-order valence-corrected chi connectivity index (χ1v) is 9.58. The van der Waals surface area contributed by atoms with Crippen LogP contribution in [0.2, 0.25) is 0 Å². The Balaban J connectivity index is 1.74. The van der Waals surface area contributed by atoms with Crippen LogP contribution in [0.5, 0.6) is 5.75 Å². The number of nitro groups is 1. The van der Waals surface area contributed by atoms with E-state index in [0.29, 0.717) is 18.0 Å². The number of nitrogens with zero attached hydrogens (tertiary/aromatic N) is 1. The van der Waals surface area contributed by atoms with Gasteiger partial charge < -0.3 is 19.5 Å². The molecular formula is C21H22N2O7. The smallest absolute Gasteiger partial charge is 0.338 e. The van der Waals surface area contributed by atoms with Crippen LogP contribution in [-0.2, 0) is 9.47 Å². The van der Waals surface area contributed by atoms with Crippen molar-refractivity contribution < 1.29 is 28.7 Å². The van der Waals surface area contributed by atoms with Crippen LogP contribution < -0.4 is 10.1 Å². The van der Waals surface area contributed by atoms with Gasteiger partial charge in [0.05, 0.1) is 23.2 Å². The molecule has 2 aromatic carbocycles. The zero-order valence-corrected chi connectivity index (χ0v) is 16.5. The molecule has 0 aromatic heterocycles. The van der Waals surface area contributed by atoms with Gasteiger partial charge in [-0.05, 0) is 38.0 Å². The van der Waals surface area contributed by atoms with Gasteiger partial charge in [0.15, 0.2) is 0 Å².